The summed E-state index contributed by atoms with van der Waals surface area (Å²) >= 11 is 0. The lowest BCUT2D eigenvalue weighted by molar-refractivity contribution is 0.197. The molecule has 2 nitrogen and oxygen atoms in total. The van der Waals surface area contributed by atoms with Gasteiger partial charge in [0.05, 0.1) is 6.10 Å². The van der Waals surface area contributed by atoms with Crippen LogP contribution in [0.4, 0.5) is 0 Å². The minimum absolute atomic E-state index is 0.224. The van der Waals surface area contributed by atoms with Crippen LogP contribution in [-0.2, 0) is 0 Å². The summed E-state index contributed by atoms with van der Waals surface area (Å²) in [5.74, 6) is 0.407. The molecule has 0 aromatic carbocycles. The average molecular weight is 128 g/mol. The Kier molecular flexibility index (Phi) is 2.25. The van der Waals surface area contributed by atoms with Crippen LogP contribution < -0.4 is 0 Å². The van der Waals surface area contributed by atoms with Crippen molar-refractivity contribution in [2.75, 3.05) is 6.61 Å². The molecule has 0 aliphatic heterocycles. The zero-order valence-electron chi connectivity index (χ0n) is 5.33. The van der Waals surface area contributed by atoms with E-state index in [0.717, 1.165) is 12.8 Å². The third-order valence-electron chi connectivity index (χ3n) is 1.65. The summed E-state index contributed by atoms with van der Waals surface area (Å²) in [6.45, 7) is 0.224. The molecule has 0 saturated heterocycles. The van der Waals surface area contributed by atoms with Gasteiger partial charge in [0.15, 0.2) is 0 Å². The molecule has 2 N–H and O–H groups in total. The Morgan fingerprint density at radius 3 is 2.67 bits per heavy atom. The molecule has 0 unspecified atom stereocenters. The van der Waals surface area contributed by atoms with E-state index in [0.29, 0.717) is 5.92 Å². The fourth-order valence-corrected chi connectivity index (χ4v) is 1.13. The molecule has 0 aromatic heterocycles. The SMILES string of the molecule is OCC[C@H]1C=C[C@@H](O)C1. The van der Waals surface area contributed by atoms with Crippen LogP contribution in [0, 0.1) is 5.92 Å². The maximum Gasteiger partial charge on any atom is 0.0726 e. The lowest BCUT2D eigenvalue weighted by atomic mass is 10.1. The van der Waals surface area contributed by atoms with Gasteiger partial charge in [-0.2, -0.15) is 0 Å². The quantitative estimate of drug-likeness (QED) is 0.525. The molecule has 0 radical (unpaired) electrons. The van der Waals surface area contributed by atoms with Crippen LogP contribution in [-0.4, -0.2) is 22.9 Å². The van der Waals surface area contributed by atoms with Crippen molar-refractivity contribution in [3.63, 3.8) is 0 Å². The summed E-state index contributed by atoms with van der Waals surface area (Å²) in [6, 6.07) is 0. The zero-order valence-corrected chi connectivity index (χ0v) is 5.33. The molecule has 2 heteroatoms. The number of allylic oxidation sites excluding steroid dienone is 1. The monoisotopic (exact) mass is 128 g/mol. The molecule has 0 aromatic rings. The van der Waals surface area contributed by atoms with Crippen molar-refractivity contribution in [2.24, 2.45) is 5.92 Å². The highest BCUT2D eigenvalue weighted by atomic mass is 16.3. The van der Waals surface area contributed by atoms with Crippen LogP contribution in [0.1, 0.15) is 12.8 Å². The normalized spacial score (nSPS) is 33.6. The number of hydrogen-bond acceptors (Lipinski definition) is 2. The van der Waals surface area contributed by atoms with Gasteiger partial charge in [0, 0.05) is 6.61 Å². The molecule has 0 saturated carbocycles. The summed E-state index contributed by atoms with van der Waals surface area (Å²) in [4.78, 5) is 0. The van der Waals surface area contributed by atoms with Crippen molar-refractivity contribution in [3.05, 3.63) is 12.2 Å². The predicted molar refractivity (Wildman–Crippen MR) is 35.0 cm³/mol. The van der Waals surface area contributed by atoms with E-state index in [1.807, 2.05) is 6.08 Å². The van der Waals surface area contributed by atoms with Crippen molar-refractivity contribution in [1.82, 2.24) is 0 Å². The third kappa shape index (κ3) is 1.80. The molecular formula is C7H12O2. The first-order valence-corrected chi connectivity index (χ1v) is 3.30. The Morgan fingerprint density at radius 1 is 1.44 bits per heavy atom. The summed E-state index contributed by atoms with van der Waals surface area (Å²) in [5.41, 5.74) is 0. The van der Waals surface area contributed by atoms with Crippen molar-refractivity contribution in [1.29, 1.82) is 0 Å². The van der Waals surface area contributed by atoms with Gasteiger partial charge in [-0.1, -0.05) is 12.2 Å². The molecule has 1 rings (SSSR count). The van der Waals surface area contributed by atoms with E-state index in [1.165, 1.54) is 0 Å². The van der Waals surface area contributed by atoms with Crippen LogP contribution in [0.2, 0.25) is 0 Å². The number of aliphatic hydroxyl groups is 2. The molecule has 0 bridgehead atoms. The Labute approximate surface area is 54.8 Å². The van der Waals surface area contributed by atoms with E-state index in [-0.39, 0.29) is 12.7 Å². The lowest BCUT2D eigenvalue weighted by Gasteiger charge is -2.04. The Hall–Kier alpha value is -0.340. The average Bonchev–Trinajstić information content (AvgIpc) is 2.17. The summed E-state index contributed by atoms with van der Waals surface area (Å²) in [7, 11) is 0. The van der Waals surface area contributed by atoms with Gasteiger partial charge in [0.2, 0.25) is 0 Å². The second kappa shape index (κ2) is 2.99. The van der Waals surface area contributed by atoms with E-state index in [4.69, 9.17) is 10.2 Å². The van der Waals surface area contributed by atoms with Gasteiger partial charge in [-0.3, -0.25) is 0 Å². The Morgan fingerprint density at radius 2 is 2.22 bits per heavy atom. The third-order valence-corrected chi connectivity index (χ3v) is 1.65. The molecule has 1 aliphatic carbocycles. The highest BCUT2D eigenvalue weighted by Gasteiger charge is 2.14. The van der Waals surface area contributed by atoms with Crippen LogP contribution in [0.25, 0.3) is 0 Å². The summed E-state index contributed by atoms with van der Waals surface area (Å²) in [6.07, 6.45) is 5.08. The topological polar surface area (TPSA) is 40.5 Å². The Bertz CT molecular complexity index is 109. The standard InChI is InChI=1S/C7H12O2/c8-4-3-6-1-2-7(9)5-6/h1-2,6-9H,3-5H2/t6-,7-/m1/s1. The molecule has 9 heavy (non-hydrogen) atoms. The highest BCUT2D eigenvalue weighted by Crippen LogP contribution is 2.19. The van der Waals surface area contributed by atoms with Crippen molar-refractivity contribution in [2.45, 2.75) is 18.9 Å². The zero-order chi connectivity index (χ0) is 6.69. The van der Waals surface area contributed by atoms with Gasteiger partial charge in [-0.25, -0.2) is 0 Å². The van der Waals surface area contributed by atoms with Gasteiger partial charge in [0.25, 0.3) is 0 Å². The highest BCUT2D eigenvalue weighted by molar-refractivity contribution is 5.01. The molecular weight excluding hydrogens is 116 g/mol. The minimum atomic E-state index is -0.262. The molecule has 1 aliphatic rings. The van der Waals surface area contributed by atoms with Gasteiger partial charge in [-0.05, 0) is 18.8 Å². The van der Waals surface area contributed by atoms with Crippen molar-refractivity contribution >= 4 is 0 Å². The maximum atomic E-state index is 8.96. The minimum Gasteiger partial charge on any atom is -0.396 e. The number of rotatable bonds is 2. The second-order valence-corrected chi connectivity index (χ2v) is 2.46. The van der Waals surface area contributed by atoms with Gasteiger partial charge in [-0.15, -0.1) is 0 Å². The van der Waals surface area contributed by atoms with Gasteiger partial charge < -0.3 is 10.2 Å². The molecule has 2 atom stereocenters. The first-order chi connectivity index (χ1) is 4.33. The first kappa shape index (κ1) is 6.78. The Balaban J connectivity index is 2.24. The van der Waals surface area contributed by atoms with E-state index < -0.39 is 0 Å². The number of aliphatic hydroxyl groups excluding tert-OH is 2. The van der Waals surface area contributed by atoms with E-state index in [9.17, 15) is 0 Å². The van der Waals surface area contributed by atoms with E-state index in [1.54, 1.807) is 6.08 Å². The van der Waals surface area contributed by atoms with Crippen molar-refractivity contribution < 1.29 is 10.2 Å². The molecule has 52 valence electrons. The fraction of sp³-hybridized carbons (Fsp3) is 0.714. The largest absolute Gasteiger partial charge is 0.396 e. The van der Waals surface area contributed by atoms with Gasteiger partial charge >= 0.3 is 0 Å². The van der Waals surface area contributed by atoms with Crippen molar-refractivity contribution in [3.8, 4) is 0 Å². The summed E-state index contributed by atoms with van der Waals surface area (Å²) in [5, 5.41) is 17.5. The number of hydrogen-bond donors (Lipinski definition) is 2. The second-order valence-electron chi connectivity index (χ2n) is 2.46. The first-order valence-electron chi connectivity index (χ1n) is 3.30. The predicted octanol–water partition coefficient (Wildman–Crippen LogP) is 0.306. The van der Waals surface area contributed by atoms with Crippen LogP contribution in [0.5, 0.6) is 0 Å². The molecule has 0 spiro atoms. The fourth-order valence-electron chi connectivity index (χ4n) is 1.13. The molecule has 0 heterocycles. The van der Waals surface area contributed by atoms with Crippen LogP contribution >= 0.6 is 0 Å². The van der Waals surface area contributed by atoms with E-state index in [2.05, 4.69) is 0 Å². The maximum absolute atomic E-state index is 8.96. The van der Waals surface area contributed by atoms with Gasteiger partial charge in [0.1, 0.15) is 0 Å². The smallest absolute Gasteiger partial charge is 0.0726 e. The molecule has 0 fully saturated rings. The summed E-state index contributed by atoms with van der Waals surface area (Å²) < 4.78 is 0. The molecule has 0 amide bonds. The van der Waals surface area contributed by atoms with E-state index >= 15 is 0 Å². The van der Waals surface area contributed by atoms with Crippen LogP contribution in [0.15, 0.2) is 12.2 Å². The van der Waals surface area contributed by atoms with Crippen LogP contribution in [0.3, 0.4) is 0 Å². The lowest BCUT2D eigenvalue weighted by Crippen LogP contribution is -2.02.